The van der Waals surface area contributed by atoms with Gasteiger partial charge in [-0.05, 0) is 6.92 Å². The highest BCUT2D eigenvalue weighted by Gasteiger charge is 2.18. The third-order valence-electron chi connectivity index (χ3n) is 4.24. The van der Waals surface area contributed by atoms with Crippen LogP contribution < -0.4 is 5.43 Å². The molecule has 0 atom stereocenters. The lowest BCUT2D eigenvalue weighted by molar-refractivity contribution is -0.135. The normalized spacial score (nSPS) is 11.8. The van der Waals surface area contributed by atoms with Gasteiger partial charge in [-0.2, -0.15) is 0 Å². The lowest BCUT2D eigenvalue weighted by Crippen LogP contribution is -2.28. The van der Waals surface area contributed by atoms with Gasteiger partial charge in [-0.3, -0.25) is 9.79 Å². The number of carboxylic acid groups (broad SMARTS) is 2. The summed E-state index contributed by atoms with van der Waals surface area (Å²) in [6.45, 7) is 1.54. The van der Waals surface area contributed by atoms with Crippen molar-refractivity contribution in [1.82, 2.24) is 4.57 Å². The van der Waals surface area contributed by atoms with Gasteiger partial charge < -0.3 is 43.6 Å². The number of esters is 1. The fourth-order valence-corrected chi connectivity index (χ4v) is 2.36. The summed E-state index contributed by atoms with van der Waals surface area (Å²) in [5.74, 6) is -3.57. The standard InChI is InChI=1S/C11H13NO7.C10H17NO5/c1-18-9(19-2)5-12-4-6(10(14)15)8(13)3-7(12)11(16)17;1-7(12)8(10(13)16-4)5-11-6-9(14-2)15-3/h3-4,9H,5H2,1-2H3,(H,14,15)(H,16,17);5,9,12H,6H2,1-4H3. The van der Waals surface area contributed by atoms with Gasteiger partial charge in [0, 0.05) is 46.9 Å². The maximum Gasteiger partial charge on any atom is 0.352 e. The molecule has 0 spiro atoms. The monoisotopic (exact) mass is 502 g/mol. The molecule has 1 aromatic rings. The van der Waals surface area contributed by atoms with Gasteiger partial charge in [-0.1, -0.05) is 0 Å². The number of carbonyl (C=O) groups excluding carboxylic acids is 1. The Balaban J connectivity index is 0.000000672. The molecule has 0 aliphatic carbocycles. The van der Waals surface area contributed by atoms with Crippen LogP contribution in [0.2, 0.25) is 0 Å². The number of aliphatic hydroxyl groups excluding tert-OH is 1. The Labute approximate surface area is 201 Å². The summed E-state index contributed by atoms with van der Waals surface area (Å²) in [5, 5.41) is 27.1. The van der Waals surface area contributed by atoms with Gasteiger partial charge in [0.25, 0.3) is 0 Å². The molecule has 1 rings (SSSR count). The number of carbonyl (C=O) groups is 3. The molecule has 0 amide bonds. The van der Waals surface area contributed by atoms with E-state index in [0.29, 0.717) is 0 Å². The minimum Gasteiger partial charge on any atom is -0.512 e. The van der Waals surface area contributed by atoms with Crippen LogP contribution in [0.4, 0.5) is 0 Å². The van der Waals surface area contributed by atoms with Crippen molar-refractivity contribution in [2.24, 2.45) is 4.99 Å². The number of aliphatic imine (C=N–C) groups is 1. The summed E-state index contributed by atoms with van der Waals surface area (Å²) in [7, 11) is 6.91. The highest BCUT2D eigenvalue weighted by Crippen LogP contribution is 2.05. The van der Waals surface area contributed by atoms with Gasteiger partial charge >= 0.3 is 17.9 Å². The molecule has 1 heterocycles. The Morgan fingerprint density at radius 2 is 1.51 bits per heavy atom. The van der Waals surface area contributed by atoms with Crippen LogP contribution in [-0.2, 0) is 35.0 Å². The number of aromatic carboxylic acids is 2. The summed E-state index contributed by atoms with van der Waals surface area (Å²) in [6.07, 6.45) is 0.946. The first-order valence-corrected chi connectivity index (χ1v) is 9.77. The number of nitrogens with zero attached hydrogens (tertiary/aromatic N) is 2. The second-order valence-electron chi connectivity index (χ2n) is 6.49. The molecule has 14 heteroatoms. The zero-order valence-electron chi connectivity index (χ0n) is 20.2. The number of aliphatic hydroxyl groups is 1. The van der Waals surface area contributed by atoms with Gasteiger partial charge in [-0.15, -0.1) is 0 Å². The molecule has 0 unspecified atom stereocenters. The van der Waals surface area contributed by atoms with Crippen LogP contribution in [0.15, 0.2) is 33.4 Å². The Morgan fingerprint density at radius 3 is 1.91 bits per heavy atom. The zero-order chi connectivity index (χ0) is 27.1. The average molecular weight is 502 g/mol. The van der Waals surface area contributed by atoms with Crippen molar-refractivity contribution in [3.8, 4) is 0 Å². The number of allylic oxidation sites excluding steroid dienone is 1. The molecule has 196 valence electrons. The Morgan fingerprint density at radius 1 is 0.971 bits per heavy atom. The van der Waals surface area contributed by atoms with Gasteiger partial charge in [0.2, 0.25) is 0 Å². The molecular weight excluding hydrogens is 472 g/mol. The van der Waals surface area contributed by atoms with Crippen LogP contribution in [0.3, 0.4) is 0 Å². The van der Waals surface area contributed by atoms with Crippen LogP contribution in [0.5, 0.6) is 0 Å². The zero-order valence-corrected chi connectivity index (χ0v) is 20.2. The van der Waals surface area contributed by atoms with Gasteiger partial charge in [0.1, 0.15) is 22.6 Å². The predicted molar refractivity (Wildman–Crippen MR) is 121 cm³/mol. The Hall–Kier alpha value is -3.59. The number of ether oxygens (including phenoxy) is 5. The molecular formula is C21H30N2O12. The minimum absolute atomic E-state index is 0.00783. The van der Waals surface area contributed by atoms with E-state index in [1.54, 1.807) is 0 Å². The van der Waals surface area contributed by atoms with E-state index < -0.39 is 41.5 Å². The van der Waals surface area contributed by atoms with E-state index in [9.17, 15) is 24.3 Å². The first-order valence-electron chi connectivity index (χ1n) is 9.77. The van der Waals surface area contributed by atoms with Crippen molar-refractivity contribution in [2.75, 3.05) is 42.1 Å². The van der Waals surface area contributed by atoms with Crippen LogP contribution in [-0.4, -0.2) is 98.7 Å². The number of hydrogen-bond acceptors (Lipinski definition) is 11. The van der Waals surface area contributed by atoms with E-state index in [1.165, 1.54) is 48.7 Å². The van der Waals surface area contributed by atoms with E-state index in [0.717, 1.165) is 16.8 Å². The predicted octanol–water partition coefficient (Wildman–Crippen LogP) is 0.545. The third-order valence-corrected chi connectivity index (χ3v) is 4.24. The van der Waals surface area contributed by atoms with Crippen LogP contribution in [0.25, 0.3) is 0 Å². The summed E-state index contributed by atoms with van der Waals surface area (Å²) in [5.41, 5.74) is -1.72. The summed E-state index contributed by atoms with van der Waals surface area (Å²) < 4.78 is 25.2. The Bertz CT molecular complexity index is 971. The highest BCUT2D eigenvalue weighted by molar-refractivity contribution is 6.09. The minimum atomic E-state index is -1.43. The van der Waals surface area contributed by atoms with Gasteiger partial charge in [0.05, 0.1) is 20.2 Å². The number of carboxylic acids is 2. The van der Waals surface area contributed by atoms with Gasteiger partial charge in [0.15, 0.2) is 18.0 Å². The van der Waals surface area contributed by atoms with Crippen molar-refractivity contribution in [3.63, 3.8) is 0 Å². The van der Waals surface area contributed by atoms with Crippen LogP contribution in [0, 0.1) is 0 Å². The molecule has 35 heavy (non-hydrogen) atoms. The molecule has 3 N–H and O–H groups in total. The second-order valence-corrected chi connectivity index (χ2v) is 6.49. The van der Waals surface area contributed by atoms with Crippen LogP contribution >= 0.6 is 0 Å². The maximum absolute atomic E-state index is 11.4. The van der Waals surface area contributed by atoms with Crippen LogP contribution in [0.1, 0.15) is 27.8 Å². The van der Waals surface area contributed by atoms with E-state index >= 15 is 0 Å². The molecule has 0 aromatic carbocycles. The van der Waals surface area contributed by atoms with E-state index in [2.05, 4.69) is 9.73 Å². The molecule has 0 aliphatic heterocycles. The highest BCUT2D eigenvalue weighted by atomic mass is 16.7. The maximum atomic E-state index is 11.4. The lowest BCUT2D eigenvalue weighted by Gasteiger charge is -2.17. The van der Waals surface area contributed by atoms with E-state index in [-0.39, 0.29) is 30.1 Å². The summed E-state index contributed by atoms with van der Waals surface area (Å²) in [4.78, 5) is 48.4. The first kappa shape index (κ1) is 31.4. The first-order chi connectivity index (χ1) is 16.5. The number of rotatable bonds is 12. The van der Waals surface area contributed by atoms with Gasteiger partial charge in [-0.25, -0.2) is 14.4 Å². The molecule has 0 radical (unpaired) electrons. The number of methoxy groups -OCH3 is 5. The largest absolute Gasteiger partial charge is 0.512 e. The topological polar surface area (TPSA) is 192 Å². The van der Waals surface area contributed by atoms with Crippen molar-refractivity contribution >= 4 is 24.1 Å². The quantitative estimate of drug-likeness (QED) is 0.118. The molecule has 0 bridgehead atoms. The Kier molecular flexibility index (Phi) is 14.5. The van der Waals surface area contributed by atoms with Crippen molar-refractivity contribution in [3.05, 3.63) is 45.1 Å². The molecule has 0 saturated carbocycles. The molecule has 0 aliphatic rings. The molecule has 0 fully saturated rings. The summed E-state index contributed by atoms with van der Waals surface area (Å²) >= 11 is 0. The number of aromatic nitrogens is 1. The molecule has 14 nitrogen and oxygen atoms in total. The lowest BCUT2D eigenvalue weighted by atomic mass is 10.2. The second kappa shape index (κ2) is 16.1. The summed E-state index contributed by atoms with van der Waals surface area (Å²) in [6, 6.07) is 0.758. The SMILES string of the molecule is COC(=O)C(C=NCC(OC)OC)=C(C)O.COC(Cn1cc(C(=O)O)c(=O)cc1C(=O)O)OC. The fourth-order valence-electron chi connectivity index (χ4n) is 2.36. The fraction of sp³-hybridized carbons (Fsp3) is 0.476. The number of hydrogen-bond donors (Lipinski definition) is 3. The molecule has 0 saturated heterocycles. The smallest absolute Gasteiger partial charge is 0.352 e. The van der Waals surface area contributed by atoms with Crippen molar-refractivity contribution in [2.45, 2.75) is 26.0 Å². The van der Waals surface area contributed by atoms with E-state index in [1.807, 2.05) is 0 Å². The van der Waals surface area contributed by atoms with Crippen molar-refractivity contribution < 1.29 is 53.4 Å². The molecule has 1 aromatic heterocycles. The third kappa shape index (κ3) is 10.5. The van der Waals surface area contributed by atoms with E-state index in [4.69, 9.17) is 29.2 Å². The van der Waals surface area contributed by atoms with Crippen molar-refractivity contribution in [1.29, 1.82) is 0 Å². The number of pyridine rings is 1. The average Bonchev–Trinajstić information content (AvgIpc) is 2.82.